The molecule has 10 nitrogen and oxygen atoms in total. The van der Waals surface area contributed by atoms with Gasteiger partial charge in [-0.15, -0.1) is 0 Å². The highest BCUT2D eigenvalue weighted by molar-refractivity contribution is 6.22. The van der Waals surface area contributed by atoms with E-state index in [0.717, 1.165) is 5.69 Å². The average molecular weight is 499 g/mol. The number of aromatic nitrogens is 2. The van der Waals surface area contributed by atoms with Crippen molar-refractivity contribution in [2.75, 3.05) is 6.54 Å². The minimum absolute atomic E-state index is 0.0423. The molecule has 0 spiro atoms. The van der Waals surface area contributed by atoms with Crippen LogP contribution in [0, 0.1) is 23.0 Å². The lowest BCUT2D eigenvalue weighted by Gasteiger charge is -2.32. The molecule has 0 fully saturated rings. The van der Waals surface area contributed by atoms with Crippen LogP contribution >= 0.6 is 0 Å². The number of carbonyl (C=O) groups excluding carboxylic acids is 2. The molecular weight excluding hydrogens is 472 g/mol. The molecule has 1 aromatic carbocycles. The summed E-state index contributed by atoms with van der Waals surface area (Å²) in [5, 5.41) is 17.4. The molecule has 3 aromatic rings. The Morgan fingerprint density at radius 1 is 1.19 bits per heavy atom. The Morgan fingerprint density at radius 2 is 2.00 bits per heavy atom. The summed E-state index contributed by atoms with van der Waals surface area (Å²) in [5.74, 6) is -1.09. The molecule has 0 aliphatic carbocycles. The number of hydrogen-bond acceptors (Lipinski definition) is 6. The molecule has 2 aliphatic rings. The van der Waals surface area contributed by atoms with Crippen LogP contribution in [0.3, 0.4) is 0 Å². The number of amidine groups is 1. The molecule has 10 heteroatoms. The van der Waals surface area contributed by atoms with Gasteiger partial charge in [0.25, 0.3) is 5.69 Å². The van der Waals surface area contributed by atoms with Crippen LogP contribution in [-0.4, -0.2) is 39.0 Å². The van der Waals surface area contributed by atoms with Gasteiger partial charge in [-0.1, -0.05) is 12.1 Å². The van der Waals surface area contributed by atoms with Crippen molar-refractivity contribution < 1.29 is 14.5 Å². The summed E-state index contributed by atoms with van der Waals surface area (Å²) >= 11 is 0. The number of aromatic amines is 2. The van der Waals surface area contributed by atoms with Crippen LogP contribution in [0.15, 0.2) is 70.6 Å². The highest BCUT2D eigenvalue weighted by Crippen LogP contribution is 2.41. The van der Waals surface area contributed by atoms with Crippen LogP contribution in [0.5, 0.6) is 0 Å². The van der Waals surface area contributed by atoms with Gasteiger partial charge in [-0.05, 0) is 51.1 Å². The number of benzene rings is 1. The monoisotopic (exact) mass is 498 g/mol. The summed E-state index contributed by atoms with van der Waals surface area (Å²) in [4.78, 5) is 48.5. The third kappa shape index (κ3) is 4.26. The van der Waals surface area contributed by atoms with Gasteiger partial charge >= 0.3 is 0 Å². The number of hydrogen-bond donors (Lipinski definition) is 4. The first-order valence-electron chi connectivity index (χ1n) is 12.0. The molecule has 0 radical (unpaired) electrons. The number of Topliss-reactive ketones (excluding diaryl/α,β-unsaturated/α-hetero) is 1. The van der Waals surface area contributed by atoms with Crippen molar-refractivity contribution in [3.63, 3.8) is 0 Å². The highest BCUT2D eigenvalue weighted by atomic mass is 16.6. The van der Waals surface area contributed by atoms with Crippen molar-refractivity contribution >= 4 is 29.3 Å². The first kappa shape index (κ1) is 24.0. The molecular formula is C27H26N6O4. The summed E-state index contributed by atoms with van der Waals surface area (Å²) in [7, 11) is 0. The number of fused-ring (bicyclic) bond motifs is 1. The Bertz CT molecular complexity index is 1510. The quantitative estimate of drug-likeness (QED) is 0.231. The summed E-state index contributed by atoms with van der Waals surface area (Å²) < 4.78 is 0. The fourth-order valence-corrected chi connectivity index (χ4v) is 4.94. The van der Waals surface area contributed by atoms with E-state index in [4.69, 9.17) is 0 Å². The molecule has 2 aliphatic heterocycles. The van der Waals surface area contributed by atoms with Crippen LogP contribution < -0.4 is 10.6 Å². The molecule has 2 aromatic heterocycles. The van der Waals surface area contributed by atoms with E-state index in [1.54, 1.807) is 37.4 Å². The van der Waals surface area contributed by atoms with E-state index in [2.05, 4.69) is 25.6 Å². The molecule has 37 heavy (non-hydrogen) atoms. The standard InChI is InChI=1S/C27H26N6O4/c1-4-28-27(35)22-15(3)30-26-24(23(22)19-6-5-11-29-19)25(34)20(32-26)13-17-9-10-18(31-17)16-8-7-14(2)21(12-16)33(36)37/h5-13,23-24,29,31H,4H2,1-3H3,(H,28,35)(H,30,32)/b20-13-. The van der Waals surface area contributed by atoms with Gasteiger partial charge in [-0.2, -0.15) is 0 Å². The zero-order chi connectivity index (χ0) is 26.3. The number of likely N-dealkylation sites (N-methyl/N-ethyl adjacent to an activating group) is 1. The zero-order valence-corrected chi connectivity index (χ0v) is 20.6. The number of H-pyrrole nitrogens is 2. The summed E-state index contributed by atoms with van der Waals surface area (Å²) in [5.41, 5.74) is 4.79. The Balaban J connectivity index is 1.48. The molecule has 0 saturated heterocycles. The molecule has 188 valence electrons. The highest BCUT2D eigenvalue weighted by Gasteiger charge is 2.47. The number of nitro groups is 1. The smallest absolute Gasteiger partial charge is 0.272 e. The minimum atomic E-state index is -0.666. The van der Waals surface area contributed by atoms with Gasteiger partial charge in [-0.25, -0.2) is 4.99 Å². The van der Waals surface area contributed by atoms with E-state index in [9.17, 15) is 19.7 Å². The predicted molar refractivity (Wildman–Crippen MR) is 140 cm³/mol. The van der Waals surface area contributed by atoms with Crippen molar-refractivity contribution in [1.82, 2.24) is 20.6 Å². The van der Waals surface area contributed by atoms with E-state index < -0.39 is 16.8 Å². The number of allylic oxidation sites excluding steroid dienone is 2. The summed E-state index contributed by atoms with van der Waals surface area (Å²) in [6.07, 6.45) is 3.43. The van der Waals surface area contributed by atoms with Crippen molar-refractivity contribution in [3.05, 3.63) is 92.7 Å². The number of aryl methyl sites for hydroxylation is 1. The van der Waals surface area contributed by atoms with E-state index in [1.807, 2.05) is 32.0 Å². The Morgan fingerprint density at radius 3 is 2.70 bits per heavy atom. The number of nitro benzene ring substituents is 1. The molecule has 0 saturated carbocycles. The average Bonchev–Trinajstić information content (AvgIpc) is 3.61. The normalized spacial score (nSPS) is 20.0. The van der Waals surface area contributed by atoms with Gasteiger partial charge in [0, 0.05) is 64.2 Å². The molecule has 5 rings (SSSR count). The maximum Gasteiger partial charge on any atom is 0.272 e. The van der Waals surface area contributed by atoms with Crippen LogP contribution in [0.2, 0.25) is 0 Å². The number of aliphatic imine (C=N–C) groups is 1. The third-order valence-corrected chi connectivity index (χ3v) is 6.69. The third-order valence-electron chi connectivity index (χ3n) is 6.69. The van der Waals surface area contributed by atoms with E-state index in [0.29, 0.717) is 46.2 Å². The minimum Gasteiger partial charge on any atom is -0.364 e. The fourth-order valence-electron chi connectivity index (χ4n) is 4.94. The van der Waals surface area contributed by atoms with Crippen LogP contribution in [-0.2, 0) is 9.59 Å². The number of carbonyl (C=O) groups is 2. The van der Waals surface area contributed by atoms with Crippen LogP contribution in [0.4, 0.5) is 5.69 Å². The molecule has 4 heterocycles. The van der Waals surface area contributed by atoms with Crippen LogP contribution in [0.25, 0.3) is 17.3 Å². The second-order valence-electron chi connectivity index (χ2n) is 9.08. The van der Waals surface area contributed by atoms with Crippen LogP contribution in [0.1, 0.15) is 36.7 Å². The number of amides is 1. The largest absolute Gasteiger partial charge is 0.364 e. The molecule has 2 unspecified atom stereocenters. The molecule has 1 amide bonds. The molecule has 0 bridgehead atoms. The topological polar surface area (TPSA) is 145 Å². The van der Waals surface area contributed by atoms with Gasteiger partial charge in [0.1, 0.15) is 11.5 Å². The summed E-state index contributed by atoms with van der Waals surface area (Å²) in [6, 6.07) is 12.3. The van der Waals surface area contributed by atoms with E-state index in [-0.39, 0.29) is 23.1 Å². The van der Waals surface area contributed by atoms with E-state index >= 15 is 0 Å². The number of nitrogens with one attached hydrogen (secondary N) is 4. The summed E-state index contributed by atoms with van der Waals surface area (Å²) in [6.45, 7) is 5.82. The fraction of sp³-hybridized carbons (Fsp3) is 0.222. The Hall–Kier alpha value is -4.73. The maximum absolute atomic E-state index is 13.6. The van der Waals surface area contributed by atoms with Gasteiger partial charge in [0.15, 0.2) is 5.78 Å². The lowest BCUT2D eigenvalue weighted by molar-refractivity contribution is -0.385. The van der Waals surface area contributed by atoms with Crippen molar-refractivity contribution in [2.45, 2.75) is 26.7 Å². The number of ketones is 1. The van der Waals surface area contributed by atoms with Crippen molar-refractivity contribution in [1.29, 1.82) is 0 Å². The van der Waals surface area contributed by atoms with Gasteiger partial charge in [0.05, 0.1) is 10.8 Å². The maximum atomic E-state index is 13.6. The number of nitrogens with zero attached hydrogens (tertiary/aromatic N) is 2. The van der Waals surface area contributed by atoms with Crippen molar-refractivity contribution in [2.24, 2.45) is 10.9 Å². The number of rotatable bonds is 6. The van der Waals surface area contributed by atoms with Gasteiger partial charge in [0.2, 0.25) is 5.91 Å². The van der Waals surface area contributed by atoms with Gasteiger partial charge < -0.3 is 20.6 Å². The SMILES string of the molecule is CCNC(=O)C1=C(C)NC2=N/C(=C\c3ccc(-c4ccc(C)c([N+](=O)[O-])c4)[nH]3)C(=O)C2C1c1ccc[nH]1. The van der Waals surface area contributed by atoms with Gasteiger partial charge in [-0.3, -0.25) is 19.7 Å². The second-order valence-corrected chi connectivity index (χ2v) is 9.08. The lowest BCUT2D eigenvalue weighted by atomic mass is 9.77. The molecule has 2 atom stereocenters. The first-order valence-corrected chi connectivity index (χ1v) is 12.0. The zero-order valence-electron chi connectivity index (χ0n) is 20.6. The Kier molecular flexibility index (Phi) is 6.08. The predicted octanol–water partition coefficient (Wildman–Crippen LogP) is 3.96. The Labute approximate surface area is 212 Å². The first-order chi connectivity index (χ1) is 17.8. The molecule has 4 N–H and O–H groups in total. The van der Waals surface area contributed by atoms with E-state index in [1.165, 1.54) is 6.07 Å². The lowest BCUT2D eigenvalue weighted by Crippen LogP contribution is -2.44. The second kappa shape index (κ2) is 9.38. The van der Waals surface area contributed by atoms with Crippen molar-refractivity contribution in [3.8, 4) is 11.3 Å².